The van der Waals surface area contributed by atoms with Crippen LogP contribution in [-0.4, -0.2) is 54.3 Å². The van der Waals surface area contributed by atoms with Gasteiger partial charge in [-0.25, -0.2) is 9.29 Å². The standard InChI is InChI=1S/C24H26FN3O2/c1-4-26-11-13-27(14-12-26)22-21(18-10-9-16(2)17(3)15-18)23(29)28(24(22)30)20-8-6-5-7-19(20)25/h5-10,15H,4,11-14H2,1-3H3. The fourth-order valence-corrected chi connectivity index (χ4v) is 4.11. The monoisotopic (exact) mass is 407 g/mol. The number of imide groups is 1. The van der Waals surface area contributed by atoms with E-state index in [-0.39, 0.29) is 5.69 Å². The molecular formula is C24H26FN3O2. The number of hydrogen-bond acceptors (Lipinski definition) is 4. The Labute approximate surface area is 176 Å². The van der Waals surface area contributed by atoms with Gasteiger partial charge in [-0.15, -0.1) is 0 Å². The number of amides is 2. The van der Waals surface area contributed by atoms with E-state index in [0.29, 0.717) is 29.9 Å². The Morgan fingerprint density at radius 1 is 0.900 bits per heavy atom. The molecule has 156 valence electrons. The second kappa shape index (κ2) is 8.03. The zero-order valence-electron chi connectivity index (χ0n) is 17.6. The summed E-state index contributed by atoms with van der Waals surface area (Å²) >= 11 is 0. The van der Waals surface area contributed by atoms with Crippen LogP contribution >= 0.6 is 0 Å². The molecular weight excluding hydrogens is 381 g/mol. The van der Waals surface area contributed by atoms with Crippen LogP contribution in [0.15, 0.2) is 48.2 Å². The molecule has 0 N–H and O–H groups in total. The third kappa shape index (κ3) is 3.41. The third-order valence-electron chi connectivity index (χ3n) is 6.08. The van der Waals surface area contributed by atoms with Gasteiger partial charge in [0.2, 0.25) is 0 Å². The topological polar surface area (TPSA) is 43.9 Å². The number of rotatable bonds is 4. The van der Waals surface area contributed by atoms with Crippen LogP contribution < -0.4 is 4.90 Å². The number of likely N-dealkylation sites (N-methyl/N-ethyl adjacent to an activating group) is 1. The van der Waals surface area contributed by atoms with Crippen molar-refractivity contribution in [1.82, 2.24) is 9.80 Å². The Balaban J connectivity index is 1.82. The highest BCUT2D eigenvalue weighted by molar-refractivity contribution is 6.45. The van der Waals surface area contributed by atoms with Crippen molar-refractivity contribution in [2.45, 2.75) is 20.8 Å². The molecule has 5 nitrogen and oxygen atoms in total. The van der Waals surface area contributed by atoms with Crippen LogP contribution in [-0.2, 0) is 9.59 Å². The molecule has 0 aromatic heterocycles. The number of nitrogens with zero attached hydrogens (tertiary/aromatic N) is 3. The van der Waals surface area contributed by atoms with E-state index >= 15 is 0 Å². The molecule has 30 heavy (non-hydrogen) atoms. The molecule has 2 heterocycles. The van der Waals surface area contributed by atoms with Crippen LogP contribution in [0.4, 0.5) is 10.1 Å². The Hall–Kier alpha value is -2.99. The first kappa shape index (κ1) is 20.3. The summed E-state index contributed by atoms with van der Waals surface area (Å²) in [5, 5.41) is 0. The molecule has 0 radical (unpaired) electrons. The fourth-order valence-electron chi connectivity index (χ4n) is 4.11. The number of benzene rings is 2. The smallest absolute Gasteiger partial charge is 0.282 e. The molecule has 2 aromatic carbocycles. The van der Waals surface area contributed by atoms with Crippen LogP contribution in [0.5, 0.6) is 0 Å². The summed E-state index contributed by atoms with van der Waals surface area (Å²) in [4.78, 5) is 32.2. The second-order valence-corrected chi connectivity index (χ2v) is 7.84. The first-order chi connectivity index (χ1) is 14.4. The van der Waals surface area contributed by atoms with Crippen LogP contribution in [0.25, 0.3) is 5.57 Å². The summed E-state index contributed by atoms with van der Waals surface area (Å²) in [6.07, 6.45) is 0. The summed E-state index contributed by atoms with van der Waals surface area (Å²) in [5.41, 5.74) is 3.58. The van der Waals surface area contributed by atoms with E-state index in [9.17, 15) is 14.0 Å². The molecule has 0 atom stereocenters. The van der Waals surface area contributed by atoms with Gasteiger partial charge >= 0.3 is 0 Å². The van der Waals surface area contributed by atoms with Crippen molar-refractivity contribution in [2.24, 2.45) is 0 Å². The molecule has 1 fully saturated rings. The van der Waals surface area contributed by atoms with Gasteiger partial charge in [-0.3, -0.25) is 9.59 Å². The van der Waals surface area contributed by atoms with Crippen LogP contribution in [0, 0.1) is 19.7 Å². The maximum Gasteiger partial charge on any atom is 0.282 e. The van der Waals surface area contributed by atoms with Crippen molar-refractivity contribution >= 4 is 23.1 Å². The number of carbonyl (C=O) groups is 2. The van der Waals surface area contributed by atoms with Gasteiger partial charge in [-0.2, -0.15) is 0 Å². The van der Waals surface area contributed by atoms with Crippen LogP contribution in [0.2, 0.25) is 0 Å². The second-order valence-electron chi connectivity index (χ2n) is 7.84. The number of para-hydroxylation sites is 1. The van der Waals surface area contributed by atoms with E-state index in [2.05, 4.69) is 11.8 Å². The molecule has 0 bridgehead atoms. The Bertz CT molecular complexity index is 1040. The predicted octanol–water partition coefficient (Wildman–Crippen LogP) is 3.36. The molecule has 0 spiro atoms. The molecule has 2 aliphatic rings. The first-order valence-corrected chi connectivity index (χ1v) is 10.3. The molecule has 2 aromatic rings. The van der Waals surface area contributed by atoms with Crippen molar-refractivity contribution in [2.75, 3.05) is 37.6 Å². The van der Waals surface area contributed by atoms with Gasteiger partial charge in [0.25, 0.3) is 11.8 Å². The van der Waals surface area contributed by atoms with Crippen molar-refractivity contribution in [1.29, 1.82) is 0 Å². The lowest BCUT2D eigenvalue weighted by Crippen LogP contribution is -2.47. The highest BCUT2D eigenvalue weighted by atomic mass is 19.1. The summed E-state index contributed by atoms with van der Waals surface area (Å²) in [5.74, 6) is -1.51. The number of aryl methyl sites for hydroxylation is 2. The minimum absolute atomic E-state index is 0.00368. The fraction of sp³-hybridized carbons (Fsp3) is 0.333. The lowest BCUT2D eigenvalue weighted by atomic mass is 9.99. The number of halogens is 1. The lowest BCUT2D eigenvalue weighted by Gasteiger charge is -2.36. The van der Waals surface area contributed by atoms with Crippen molar-refractivity contribution in [3.63, 3.8) is 0 Å². The highest BCUT2D eigenvalue weighted by Crippen LogP contribution is 2.36. The van der Waals surface area contributed by atoms with E-state index in [0.717, 1.165) is 35.7 Å². The van der Waals surface area contributed by atoms with Crippen molar-refractivity contribution in [3.05, 3.63) is 70.7 Å². The van der Waals surface area contributed by atoms with Gasteiger partial charge in [-0.1, -0.05) is 37.3 Å². The predicted molar refractivity (Wildman–Crippen MR) is 115 cm³/mol. The highest BCUT2D eigenvalue weighted by Gasteiger charge is 2.43. The maximum atomic E-state index is 14.5. The van der Waals surface area contributed by atoms with E-state index in [1.807, 2.05) is 36.9 Å². The Morgan fingerprint density at radius 2 is 1.60 bits per heavy atom. The number of piperazine rings is 1. The summed E-state index contributed by atoms with van der Waals surface area (Å²) in [7, 11) is 0. The Kier molecular flexibility index (Phi) is 5.43. The van der Waals surface area contributed by atoms with Crippen molar-refractivity contribution < 1.29 is 14.0 Å². The van der Waals surface area contributed by atoms with Gasteiger partial charge in [0.1, 0.15) is 11.5 Å². The number of carbonyl (C=O) groups excluding carboxylic acids is 2. The SMILES string of the molecule is CCN1CCN(C2=C(c3ccc(C)c(C)c3)C(=O)N(c3ccccc3F)C2=O)CC1. The largest absolute Gasteiger partial charge is 0.364 e. The Morgan fingerprint density at radius 3 is 2.23 bits per heavy atom. The van der Waals surface area contributed by atoms with Crippen LogP contribution in [0.3, 0.4) is 0 Å². The van der Waals surface area contributed by atoms with Gasteiger partial charge < -0.3 is 9.80 Å². The normalized spacial score (nSPS) is 18.0. The zero-order valence-corrected chi connectivity index (χ0v) is 17.6. The molecule has 2 aliphatic heterocycles. The average Bonchev–Trinajstić information content (AvgIpc) is 3.01. The van der Waals surface area contributed by atoms with Gasteiger partial charge in [0.15, 0.2) is 0 Å². The molecule has 0 unspecified atom stereocenters. The number of hydrogen-bond donors (Lipinski definition) is 0. The first-order valence-electron chi connectivity index (χ1n) is 10.3. The van der Waals surface area contributed by atoms with Crippen molar-refractivity contribution in [3.8, 4) is 0 Å². The third-order valence-corrected chi connectivity index (χ3v) is 6.08. The van der Waals surface area contributed by atoms with Gasteiger partial charge in [-0.05, 0) is 49.2 Å². The summed E-state index contributed by atoms with van der Waals surface area (Å²) < 4.78 is 14.5. The van der Waals surface area contributed by atoms with Gasteiger partial charge in [0.05, 0.1) is 11.3 Å². The van der Waals surface area contributed by atoms with E-state index in [1.165, 1.54) is 12.1 Å². The minimum Gasteiger partial charge on any atom is -0.364 e. The van der Waals surface area contributed by atoms with E-state index in [4.69, 9.17) is 0 Å². The van der Waals surface area contributed by atoms with Gasteiger partial charge in [0, 0.05) is 26.2 Å². The average molecular weight is 407 g/mol. The van der Waals surface area contributed by atoms with Crippen LogP contribution in [0.1, 0.15) is 23.6 Å². The van der Waals surface area contributed by atoms with E-state index < -0.39 is 17.6 Å². The van der Waals surface area contributed by atoms with E-state index in [1.54, 1.807) is 12.1 Å². The molecule has 0 aliphatic carbocycles. The molecule has 6 heteroatoms. The lowest BCUT2D eigenvalue weighted by molar-refractivity contribution is -0.120. The minimum atomic E-state index is -0.587. The molecule has 1 saturated heterocycles. The summed E-state index contributed by atoms with van der Waals surface area (Å²) in [6.45, 7) is 10.00. The molecule has 2 amide bonds. The molecule has 0 saturated carbocycles. The summed E-state index contributed by atoms with van der Waals surface area (Å²) in [6, 6.07) is 11.7. The quantitative estimate of drug-likeness (QED) is 0.729. The number of anilines is 1. The zero-order chi connectivity index (χ0) is 21.4. The molecule has 4 rings (SSSR count). The maximum absolute atomic E-state index is 14.5.